The molecule has 0 unspecified atom stereocenters. The highest BCUT2D eigenvalue weighted by Gasteiger charge is 2.36. The first-order valence-electron chi connectivity index (χ1n) is 11.8. The summed E-state index contributed by atoms with van der Waals surface area (Å²) in [5, 5.41) is 0. The molecule has 0 aromatic heterocycles. The summed E-state index contributed by atoms with van der Waals surface area (Å²) in [6.07, 6.45) is 0. The molecule has 0 aliphatic carbocycles. The maximum atomic E-state index is 14.4. The van der Waals surface area contributed by atoms with Gasteiger partial charge in [0.1, 0.15) is 17.2 Å². The second-order valence-corrected chi connectivity index (χ2v) is 9.25. The van der Waals surface area contributed by atoms with Crippen molar-refractivity contribution in [2.45, 2.75) is 0 Å². The molecule has 0 N–H and O–H groups in total. The molecule has 41 heavy (non-hydrogen) atoms. The van der Waals surface area contributed by atoms with Gasteiger partial charge in [0, 0.05) is 36.4 Å². The standard InChI is InChI=1S/C27H33O13P/c1-29-19-10-16(11-20(30-2)25(19)35-7)38-41(28,39-17-12-21(31-3)26(36-8)22(13-17)32-4)40-18-14-23(33-5)27(37-9)24(15-18)34-6/h10-15H,1-9H3. The molecule has 224 valence electrons. The Bertz CT molecular complexity index is 1150. The molecule has 3 rings (SSSR count). The van der Waals surface area contributed by atoms with E-state index in [-0.39, 0.29) is 51.7 Å². The van der Waals surface area contributed by atoms with Crippen LogP contribution in [0.5, 0.6) is 69.0 Å². The number of phosphoric acid groups is 1. The van der Waals surface area contributed by atoms with Crippen LogP contribution in [-0.4, -0.2) is 64.0 Å². The van der Waals surface area contributed by atoms with E-state index in [2.05, 4.69) is 0 Å². The minimum Gasteiger partial charge on any atom is -0.493 e. The van der Waals surface area contributed by atoms with E-state index in [0.717, 1.165) is 0 Å². The first kappa shape index (κ1) is 31.0. The van der Waals surface area contributed by atoms with Gasteiger partial charge in [-0.05, 0) is 0 Å². The molecule has 0 saturated carbocycles. The van der Waals surface area contributed by atoms with Gasteiger partial charge in [-0.25, -0.2) is 0 Å². The largest absolute Gasteiger partial charge is 0.647 e. The van der Waals surface area contributed by atoms with Gasteiger partial charge in [0.15, 0.2) is 34.5 Å². The van der Waals surface area contributed by atoms with Crippen LogP contribution in [0.1, 0.15) is 0 Å². The smallest absolute Gasteiger partial charge is 0.493 e. The zero-order chi connectivity index (χ0) is 30.2. The fourth-order valence-corrected chi connectivity index (χ4v) is 4.98. The van der Waals surface area contributed by atoms with Crippen LogP contribution < -0.4 is 56.2 Å². The lowest BCUT2D eigenvalue weighted by Gasteiger charge is -2.22. The topological polar surface area (TPSA) is 128 Å². The predicted octanol–water partition coefficient (Wildman–Crippen LogP) is 5.41. The lowest BCUT2D eigenvalue weighted by atomic mass is 10.2. The Labute approximate surface area is 238 Å². The lowest BCUT2D eigenvalue weighted by molar-refractivity contribution is 0.286. The molecule has 0 spiro atoms. The van der Waals surface area contributed by atoms with Crippen LogP contribution >= 0.6 is 7.82 Å². The second kappa shape index (κ2) is 13.7. The Hall–Kier alpha value is -4.51. The van der Waals surface area contributed by atoms with Gasteiger partial charge in [-0.15, -0.1) is 0 Å². The van der Waals surface area contributed by atoms with Crippen molar-refractivity contribution in [3.63, 3.8) is 0 Å². The molecule has 0 heterocycles. The van der Waals surface area contributed by atoms with E-state index in [1.54, 1.807) is 0 Å². The Morgan fingerprint density at radius 3 is 0.707 bits per heavy atom. The van der Waals surface area contributed by atoms with Crippen molar-refractivity contribution in [2.75, 3.05) is 64.0 Å². The number of hydrogen-bond donors (Lipinski definition) is 0. The van der Waals surface area contributed by atoms with Crippen molar-refractivity contribution < 1.29 is 60.8 Å². The SMILES string of the molecule is COc1cc(OP(=O)(Oc2cc(OC)c(OC)c(OC)c2)Oc2cc(OC)c(OC)c(OC)c2)cc(OC)c1OC. The Kier molecular flexibility index (Phi) is 10.4. The van der Waals surface area contributed by atoms with Crippen molar-refractivity contribution >= 4 is 7.82 Å². The Morgan fingerprint density at radius 2 is 0.561 bits per heavy atom. The molecular weight excluding hydrogens is 563 g/mol. The van der Waals surface area contributed by atoms with Crippen LogP contribution in [-0.2, 0) is 4.57 Å². The molecule has 0 atom stereocenters. The number of ether oxygens (including phenoxy) is 9. The number of methoxy groups -OCH3 is 9. The summed E-state index contributed by atoms with van der Waals surface area (Å²) in [5.74, 6) is 2.41. The predicted molar refractivity (Wildman–Crippen MR) is 148 cm³/mol. The van der Waals surface area contributed by atoms with Crippen molar-refractivity contribution in [2.24, 2.45) is 0 Å². The Balaban J connectivity index is 2.17. The van der Waals surface area contributed by atoms with Crippen LogP contribution in [0.2, 0.25) is 0 Å². The lowest BCUT2D eigenvalue weighted by Crippen LogP contribution is -2.09. The number of rotatable bonds is 15. The van der Waals surface area contributed by atoms with Gasteiger partial charge in [-0.1, -0.05) is 0 Å². The fourth-order valence-electron chi connectivity index (χ4n) is 3.77. The molecule has 0 radical (unpaired) electrons. The zero-order valence-electron chi connectivity index (χ0n) is 24.2. The highest BCUT2D eigenvalue weighted by atomic mass is 31.2. The summed E-state index contributed by atoms with van der Waals surface area (Å²) in [4.78, 5) is 0. The minimum atomic E-state index is -4.59. The molecule has 0 amide bonds. The van der Waals surface area contributed by atoms with E-state index in [1.165, 1.54) is 100 Å². The van der Waals surface area contributed by atoms with E-state index < -0.39 is 7.82 Å². The molecule has 14 heteroatoms. The van der Waals surface area contributed by atoms with E-state index >= 15 is 0 Å². The maximum absolute atomic E-state index is 14.4. The molecule has 13 nitrogen and oxygen atoms in total. The number of phosphoric ester groups is 1. The molecular formula is C27H33O13P. The fraction of sp³-hybridized carbons (Fsp3) is 0.333. The van der Waals surface area contributed by atoms with Gasteiger partial charge in [-0.2, -0.15) is 4.57 Å². The number of benzene rings is 3. The monoisotopic (exact) mass is 596 g/mol. The third-order valence-electron chi connectivity index (χ3n) is 5.57. The van der Waals surface area contributed by atoms with E-state index in [9.17, 15) is 4.57 Å². The highest BCUT2D eigenvalue weighted by molar-refractivity contribution is 7.49. The first-order valence-corrected chi connectivity index (χ1v) is 13.3. The van der Waals surface area contributed by atoms with Crippen molar-refractivity contribution in [3.05, 3.63) is 36.4 Å². The Morgan fingerprint density at radius 1 is 0.366 bits per heavy atom. The summed E-state index contributed by atoms with van der Waals surface area (Å²) >= 11 is 0. The average molecular weight is 597 g/mol. The molecule has 3 aromatic rings. The van der Waals surface area contributed by atoms with Crippen LogP contribution in [0.15, 0.2) is 36.4 Å². The number of hydrogen-bond acceptors (Lipinski definition) is 13. The van der Waals surface area contributed by atoms with E-state index in [1.807, 2.05) is 0 Å². The van der Waals surface area contributed by atoms with E-state index in [4.69, 9.17) is 56.2 Å². The minimum absolute atomic E-state index is 0.0164. The van der Waals surface area contributed by atoms with Crippen LogP contribution in [0, 0.1) is 0 Å². The maximum Gasteiger partial charge on any atom is 0.647 e. The summed E-state index contributed by atoms with van der Waals surface area (Å²) in [6, 6.07) is 8.61. The van der Waals surface area contributed by atoms with Crippen molar-refractivity contribution in [1.29, 1.82) is 0 Å². The van der Waals surface area contributed by atoms with Gasteiger partial charge >= 0.3 is 7.82 Å². The van der Waals surface area contributed by atoms with Gasteiger partial charge in [0.2, 0.25) is 17.2 Å². The van der Waals surface area contributed by atoms with Gasteiger partial charge in [-0.3, -0.25) is 0 Å². The summed E-state index contributed by atoms with van der Waals surface area (Å²) in [7, 11) is 8.34. The molecule has 0 bridgehead atoms. The third-order valence-corrected chi connectivity index (χ3v) is 6.87. The first-order chi connectivity index (χ1) is 19.7. The molecule has 3 aromatic carbocycles. The van der Waals surface area contributed by atoms with Gasteiger partial charge in [0.25, 0.3) is 0 Å². The van der Waals surface area contributed by atoms with Crippen LogP contribution in [0.25, 0.3) is 0 Å². The molecule has 0 aliphatic heterocycles. The highest BCUT2D eigenvalue weighted by Crippen LogP contribution is 2.55. The normalized spacial score (nSPS) is 10.7. The van der Waals surface area contributed by atoms with Crippen LogP contribution in [0.3, 0.4) is 0 Å². The second-order valence-electron chi connectivity index (χ2n) is 7.80. The third kappa shape index (κ3) is 6.80. The van der Waals surface area contributed by atoms with Crippen LogP contribution in [0.4, 0.5) is 0 Å². The van der Waals surface area contributed by atoms with Gasteiger partial charge in [0.05, 0.1) is 64.0 Å². The van der Waals surface area contributed by atoms with Gasteiger partial charge < -0.3 is 56.2 Å². The molecule has 0 aliphatic rings. The quantitative estimate of drug-likeness (QED) is 0.208. The zero-order valence-corrected chi connectivity index (χ0v) is 25.1. The molecule has 0 saturated heterocycles. The van der Waals surface area contributed by atoms with Crippen molar-refractivity contribution in [1.82, 2.24) is 0 Å². The summed E-state index contributed by atoms with van der Waals surface area (Å²) in [6.45, 7) is 0. The summed E-state index contributed by atoms with van der Waals surface area (Å²) in [5.41, 5.74) is 0. The van der Waals surface area contributed by atoms with E-state index in [0.29, 0.717) is 17.2 Å². The van der Waals surface area contributed by atoms with Crippen molar-refractivity contribution in [3.8, 4) is 69.0 Å². The average Bonchev–Trinajstić information content (AvgIpc) is 2.98. The molecule has 0 fully saturated rings. The summed E-state index contributed by atoms with van der Waals surface area (Å²) < 4.78 is 80.4.